The van der Waals surface area contributed by atoms with Crippen LogP contribution in [0, 0.1) is 46.8 Å². The number of aliphatic hydroxyl groups is 4. The number of nitrogens with one attached hydrogen (secondary N) is 2. The molecular formula is C29H53N3O4. The minimum absolute atomic E-state index is 0.0128. The lowest BCUT2D eigenvalue weighted by Crippen LogP contribution is -2.54. The van der Waals surface area contributed by atoms with Crippen LogP contribution in [0.5, 0.6) is 0 Å². The van der Waals surface area contributed by atoms with E-state index in [0.29, 0.717) is 24.2 Å². The molecule has 208 valence electrons. The number of rotatable bonds is 13. The summed E-state index contributed by atoms with van der Waals surface area (Å²) in [4.78, 5) is 0. The number of nitrogens with zero attached hydrogens (tertiary/aromatic N) is 1. The van der Waals surface area contributed by atoms with Crippen molar-refractivity contribution in [3.8, 4) is 6.07 Å². The van der Waals surface area contributed by atoms with E-state index in [2.05, 4.69) is 23.6 Å². The van der Waals surface area contributed by atoms with Gasteiger partial charge in [0.25, 0.3) is 0 Å². The lowest BCUT2D eigenvalue weighted by atomic mass is 9.67. The predicted octanol–water partition coefficient (Wildman–Crippen LogP) is 4.00. The molecule has 0 aromatic rings. The van der Waals surface area contributed by atoms with E-state index in [9.17, 15) is 25.7 Å². The minimum Gasteiger partial charge on any atom is -0.379 e. The second-order valence-corrected chi connectivity index (χ2v) is 12.2. The summed E-state index contributed by atoms with van der Waals surface area (Å²) in [5.41, 5.74) is 0. The highest BCUT2D eigenvalue weighted by atomic mass is 16.5. The third-order valence-electron chi connectivity index (χ3n) is 9.76. The van der Waals surface area contributed by atoms with Crippen LogP contribution in [0.3, 0.4) is 0 Å². The molecule has 3 fully saturated rings. The molecule has 0 saturated heterocycles. The summed E-state index contributed by atoms with van der Waals surface area (Å²) in [6, 6.07) is 1.92. The SMILES string of the molecule is CCC(CN[C@H](CC(O)O)C(O)N[C@H](O)CC1CCCCC1)C1CCC(C2CCC(C#N)CC2)CC1. The Hall–Kier alpha value is -0.750. The molecule has 0 radical (unpaired) electrons. The van der Waals surface area contributed by atoms with Gasteiger partial charge in [-0.2, -0.15) is 5.26 Å². The molecule has 0 bridgehead atoms. The highest BCUT2D eigenvalue weighted by Gasteiger charge is 2.33. The van der Waals surface area contributed by atoms with Crippen molar-refractivity contribution >= 4 is 0 Å². The Bertz CT molecular complexity index is 635. The highest BCUT2D eigenvalue weighted by Crippen LogP contribution is 2.43. The van der Waals surface area contributed by atoms with Gasteiger partial charge in [-0.3, -0.25) is 5.32 Å². The molecule has 0 amide bonds. The van der Waals surface area contributed by atoms with Crippen molar-refractivity contribution in [3.05, 3.63) is 0 Å². The summed E-state index contributed by atoms with van der Waals surface area (Å²) in [6.45, 7) is 2.95. The Balaban J connectivity index is 1.43. The molecule has 4 atom stereocenters. The lowest BCUT2D eigenvalue weighted by Gasteiger charge is -2.39. The van der Waals surface area contributed by atoms with Crippen molar-refractivity contribution in [2.75, 3.05) is 6.54 Å². The van der Waals surface area contributed by atoms with E-state index in [1.54, 1.807) is 0 Å². The molecule has 6 N–H and O–H groups in total. The van der Waals surface area contributed by atoms with E-state index in [1.165, 1.54) is 57.8 Å². The van der Waals surface area contributed by atoms with E-state index in [-0.39, 0.29) is 12.3 Å². The molecule has 0 aliphatic heterocycles. The van der Waals surface area contributed by atoms with Crippen molar-refractivity contribution in [1.82, 2.24) is 10.6 Å². The van der Waals surface area contributed by atoms with Crippen LogP contribution in [-0.2, 0) is 0 Å². The van der Waals surface area contributed by atoms with Crippen LogP contribution in [0.1, 0.15) is 110 Å². The summed E-state index contributed by atoms with van der Waals surface area (Å²) in [7, 11) is 0. The molecule has 3 aliphatic carbocycles. The van der Waals surface area contributed by atoms with Crippen molar-refractivity contribution in [2.45, 2.75) is 134 Å². The van der Waals surface area contributed by atoms with Crippen molar-refractivity contribution in [3.63, 3.8) is 0 Å². The minimum atomic E-state index is -1.51. The van der Waals surface area contributed by atoms with Crippen LogP contribution in [0.4, 0.5) is 0 Å². The maximum Gasteiger partial charge on any atom is 0.153 e. The molecule has 0 heterocycles. The van der Waals surface area contributed by atoms with E-state index in [0.717, 1.165) is 50.5 Å². The zero-order valence-electron chi connectivity index (χ0n) is 22.5. The topological polar surface area (TPSA) is 129 Å². The van der Waals surface area contributed by atoms with E-state index in [4.69, 9.17) is 0 Å². The third kappa shape index (κ3) is 9.53. The van der Waals surface area contributed by atoms with Gasteiger partial charge in [-0.05, 0) is 93.9 Å². The number of hydrogen-bond donors (Lipinski definition) is 6. The Kier molecular flexibility index (Phi) is 12.9. The first kappa shape index (κ1) is 29.8. The summed E-state index contributed by atoms with van der Waals surface area (Å²) in [5.74, 6) is 3.50. The fourth-order valence-corrected chi connectivity index (χ4v) is 7.43. The first-order valence-electron chi connectivity index (χ1n) is 15.0. The Morgan fingerprint density at radius 1 is 0.833 bits per heavy atom. The van der Waals surface area contributed by atoms with E-state index in [1.807, 2.05) is 0 Å². The predicted molar refractivity (Wildman–Crippen MR) is 141 cm³/mol. The quantitative estimate of drug-likeness (QED) is 0.208. The fourth-order valence-electron chi connectivity index (χ4n) is 7.43. The molecule has 36 heavy (non-hydrogen) atoms. The summed E-state index contributed by atoms with van der Waals surface area (Å²) in [5, 5.41) is 56.0. The molecule has 2 unspecified atom stereocenters. The summed E-state index contributed by atoms with van der Waals surface area (Å²) >= 11 is 0. The zero-order chi connectivity index (χ0) is 25.9. The van der Waals surface area contributed by atoms with Gasteiger partial charge in [-0.25, -0.2) is 0 Å². The lowest BCUT2D eigenvalue weighted by molar-refractivity contribution is -0.0719. The first-order chi connectivity index (χ1) is 17.4. The van der Waals surface area contributed by atoms with Crippen LogP contribution in [0.25, 0.3) is 0 Å². The maximum absolute atomic E-state index is 10.8. The molecule has 3 aliphatic rings. The molecule has 0 spiro atoms. The molecular weight excluding hydrogens is 454 g/mol. The Morgan fingerprint density at radius 3 is 2.00 bits per heavy atom. The number of nitriles is 1. The first-order valence-corrected chi connectivity index (χ1v) is 15.0. The van der Waals surface area contributed by atoms with Crippen LogP contribution in [-0.4, -0.2) is 51.8 Å². The van der Waals surface area contributed by atoms with Crippen LogP contribution < -0.4 is 10.6 Å². The average molecular weight is 508 g/mol. The second-order valence-electron chi connectivity index (χ2n) is 12.2. The smallest absolute Gasteiger partial charge is 0.153 e. The van der Waals surface area contributed by atoms with Crippen molar-refractivity contribution in [1.29, 1.82) is 5.26 Å². The van der Waals surface area contributed by atoms with Crippen LogP contribution in [0.2, 0.25) is 0 Å². The van der Waals surface area contributed by atoms with Gasteiger partial charge in [0.2, 0.25) is 0 Å². The normalized spacial score (nSPS) is 31.5. The van der Waals surface area contributed by atoms with Gasteiger partial charge in [0.15, 0.2) is 6.29 Å². The Labute approximate surface area is 219 Å². The summed E-state index contributed by atoms with van der Waals surface area (Å²) < 4.78 is 0. The monoisotopic (exact) mass is 507 g/mol. The van der Waals surface area contributed by atoms with E-state index >= 15 is 0 Å². The van der Waals surface area contributed by atoms with Gasteiger partial charge < -0.3 is 25.7 Å². The van der Waals surface area contributed by atoms with Gasteiger partial charge in [0.05, 0.1) is 12.1 Å². The number of aliphatic hydroxyl groups excluding tert-OH is 3. The molecule has 3 rings (SSSR count). The van der Waals surface area contributed by atoms with E-state index < -0.39 is 24.8 Å². The molecule has 3 saturated carbocycles. The van der Waals surface area contributed by atoms with Crippen LogP contribution >= 0.6 is 0 Å². The van der Waals surface area contributed by atoms with Gasteiger partial charge in [0.1, 0.15) is 12.5 Å². The maximum atomic E-state index is 10.8. The second kappa shape index (κ2) is 15.6. The third-order valence-corrected chi connectivity index (χ3v) is 9.76. The van der Waals surface area contributed by atoms with Gasteiger partial charge in [-0.15, -0.1) is 0 Å². The molecule has 7 heteroatoms. The van der Waals surface area contributed by atoms with Crippen molar-refractivity contribution in [2.24, 2.45) is 35.5 Å². The highest BCUT2D eigenvalue weighted by molar-refractivity contribution is 4.90. The Morgan fingerprint density at radius 2 is 1.44 bits per heavy atom. The molecule has 0 aromatic heterocycles. The van der Waals surface area contributed by atoms with Crippen molar-refractivity contribution < 1.29 is 20.4 Å². The number of hydrogen-bond acceptors (Lipinski definition) is 7. The molecule has 7 nitrogen and oxygen atoms in total. The fraction of sp³-hybridized carbons (Fsp3) is 0.966. The average Bonchev–Trinajstić information content (AvgIpc) is 2.89. The van der Waals surface area contributed by atoms with Gasteiger partial charge in [0, 0.05) is 12.3 Å². The summed E-state index contributed by atoms with van der Waals surface area (Å²) in [6.07, 6.45) is 13.9. The largest absolute Gasteiger partial charge is 0.379 e. The van der Waals surface area contributed by atoms with Crippen LogP contribution in [0.15, 0.2) is 0 Å². The molecule has 0 aromatic carbocycles. The standard InChI is InChI=1S/C29H53N3O4/c1-2-22(23-12-14-25(15-13-23)24-10-8-21(18-30)9-11-24)19-31-26(17-28(34)35)29(36)32-27(33)16-20-6-4-3-5-7-20/h20-29,31-36H,2-17,19H2,1H3/t21?,22?,23?,24?,25?,26-,27-,29?/m1/s1. The van der Waals surface area contributed by atoms with Gasteiger partial charge >= 0.3 is 0 Å². The zero-order valence-corrected chi connectivity index (χ0v) is 22.5. The van der Waals surface area contributed by atoms with Gasteiger partial charge in [-0.1, -0.05) is 45.4 Å².